The highest BCUT2D eigenvalue weighted by molar-refractivity contribution is 6.54. The fraction of sp³-hybridized carbons (Fsp3) is 0.842. The van der Waals surface area contributed by atoms with Crippen LogP contribution in [0.5, 0.6) is 0 Å². The molecular formula is C19H32BNO4. The van der Waals surface area contributed by atoms with Gasteiger partial charge < -0.3 is 14.0 Å². The number of methoxy groups -OCH3 is 1. The monoisotopic (exact) mass is 349 g/mol. The zero-order valence-corrected chi connectivity index (χ0v) is 16.5. The molecule has 0 aromatic rings. The van der Waals surface area contributed by atoms with Gasteiger partial charge in [-0.3, -0.25) is 9.69 Å². The summed E-state index contributed by atoms with van der Waals surface area (Å²) in [6.45, 7) is 11.6. The number of nitrogens with zero attached hydrogens (tertiary/aromatic N) is 1. The van der Waals surface area contributed by atoms with E-state index in [-0.39, 0.29) is 30.3 Å². The van der Waals surface area contributed by atoms with Gasteiger partial charge in [0.05, 0.1) is 18.3 Å². The van der Waals surface area contributed by atoms with Crippen molar-refractivity contribution in [2.24, 2.45) is 5.92 Å². The van der Waals surface area contributed by atoms with Crippen molar-refractivity contribution in [2.75, 3.05) is 13.7 Å². The van der Waals surface area contributed by atoms with Gasteiger partial charge in [-0.2, -0.15) is 0 Å². The summed E-state index contributed by atoms with van der Waals surface area (Å²) in [5.41, 5.74) is 0.642. The van der Waals surface area contributed by atoms with Crippen LogP contribution >= 0.6 is 0 Å². The Morgan fingerprint density at radius 3 is 2.48 bits per heavy atom. The SMILES string of the molecule is COC(=O)[C@@H]1CCCN1C1CC=C(B2OC(C)(C)C(C)(C)O2)CC1C. The molecule has 0 aromatic heterocycles. The summed E-state index contributed by atoms with van der Waals surface area (Å²) < 4.78 is 17.4. The first kappa shape index (κ1) is 18.9. The van der Waals surface area contributed by atoms with Crippen LogP contribution in [0.25, 0.3) is 0 Å². The van der Waals surface area contributed by atoms with Gasteiger partial charge in [-0.15, -0.1) is 0 Å². The third kappa shape index (κ3) is 3.41. The van der Waals surface area contributed by atoms with E-state index in [1.165, 1.54) is 12.6 Å². The van der Waals surface area contributed by atoms with Crippen LogP contribution in [0.15, 0.2) is 11.5 Å². The summed E-state index contributed by atoms with van der Waals surface area (Å²) >= 11 is 0. The predicted molar refractivity (Wildman–Crippen MR) is 98.1 cm³/mol. The van der Waals surface area contributed by atoms with Gasteiger partial charge in [-0.1, -0.05) is 13.0 Å². The van der Waals surface area contributed by atoms with Crippen molar-refractivity contribution in [1.29, 1.82) is 0 Å². The van der Waals surface area contributed by atoms with Crippen molar-refractivity contribution in [3.05, 3.63) is 11.5 Å². The molecule has 0 saturated carbocycles. The van der Waals surface area contributed by atoms with Crippen LogP contribution in [0.3, 0.4) is 0 Å². The van der Waals surface area contributed by atoms with Gasteiger partial charge in [0.2, 0.25) is 0 Å². The third-order valence-corrected chi connectivity index (χ3v) is 6.59. The topological polar surface area (TPSA) is 48.0 Å². The second-order valence-electron chi connectivity index (χ2n) is 8.77. The molecule has 5 nitrogen and oxygen atoms in total. The summed E-state index contributed by atoms with van der Waals surface area (Å²) in [6, 6.07) is 0.307. The number of ether oxygens (including phenoxy) is 1. The molecule has 3 rings (SSSR count). The molecular weight excluding hydrogens is 317 g/mol. The average molecular weight is 349 g/mol. The van der Waals surface area contributed by atoms with Crippen LogP contribution in [-0.2, 0) is 18.8 Å². The third-order valence-electron chi connectivity index (χ3n) is 6.59. The summed E-state index contributed by atoms with van der Waals surface area (Å²) in [5.74, 6) is 0.370. The molecule has 0 spiro atoms. The smallest absolute Gasteiger partial charge is 0.468 e. The molecule has 25 heavy (non-hydrogen) atoms. The maximum Gasteiger partial charge on any atom is 0.490 e. The Morgan fingerprint density at radius 1 is 1.28 bits per heavy atom. The van der Waals surface area contributed by atoms with Crippen LogP contribution in [0.2, 0.25) is 0 Å². The summed E-state index contributed by atoms with van der Waals surface area (Å²) in [4.78, 5) is 14.4. The Balaban J connectivity index is 1.70. The lowest BCUT2D eigenvalue weighted by atomic mass is 9.68. The largest absolute Gasteiger partial charge is 0.490 e. The molecule has 0 bridgehead atoms. The molecule has 2 saturated heterocycles. The van der Waals surface area contributed by atoms with Crippen LogP contribution in [0.4, 0.5) is 0 Å². The second-order valence-corrected chi connectivity index (χ2v) is 8.77. The average Bonchev–Trinajstić information content (AvgIpc) is 3.09. The first-order valence-corrected chi connectivity index (χ1v) is 9.54. The summed E-state index contributed by atoms with van der Waals surface area (Å²) in [7, 11) is 1.24. The molecule has 3 atom stereocenters. The van der Waals surface area contributed by atoms with E-state index < -0.39 is 0 Å². The van der Waals surface area contributed by atoms with Crippen molar-refractivity contribution in [3.8, 4) is 0 Å². The van der Waals surface area contributed by atoms with Crippen molar-refractivity contribution < 1.29 is 18.8 Å². The zero-order chi connectivity index (χ0) is 18.4. The molecule has 1 aliphatic carbocycles. The number of rotatable bonds is 3. The molecule has 2 unspecified atom stereocenters. The second kappa shape index (κ2) is 6.71. The fourth-order valence-corrected chi connectivity index (χ4v) is 4.32. The van der Waals surface area contributed by atoms with E-state index in [4.69, 9.17) is 14.0 Å². The van der Waals surface area contributed by atoms with E-state index in [0.29, 0.717) is 12.0 Å². The molecule has 2 aliphatic heterocycles. The molecule has 0 amide bonds. The van der Waals surface area contributed by atoms with Gasteiger partial charge in [-0.25, -0.2) is 0 Å². The van der Waals surface area contributed by atoms with E-state index in [2.05, 4.69) is 45.6 Å². The number of carbonyl (C=O) groups excluding carboxylic acids is 1. The van der Waals surface area contributed by atoms with E-state index >= 15 is 0 Å². The highest BCUT2D eigenvalue weighted by Crippen LogP contribution is 2.42. The number of hydrogen-bond acceptors (Lipinski definition) is 5. The Bertz CT molecular complexity index is 544. The maximum atomic E-state index is 12.1. The molecule has 140 valence electrons. The standard InChI is InChI=1S/C19H32BNO4/c1-13-12-14(20-24-18(2,3)19(4,5)25-20)9-10-15(13)21-11-7-8-16(21)17(22)23-6/h9,13,15-16H,7-8,10-12H2,1-6H3/t13?,15?,16-/m0/s1. The quantitative estimate of drug-likeness (QED) is 0.579. The van der Waals surface area contributed by atoms with E-state index in [1.54, 1.807) is 0 Å². The summed E-state index contributed by atoms with van der Waals surface area (Å²) in [6.07, 6.45) is 6.14. The van der Waals surface area contributed by atoms with E-state index in [9.17, 15) is 4.79 Å². The molecule has 2 fully saturated rings. The van der Waals surface area contributed by atoms with Crippen molar-refractivity contribution in [3.63, 3.8) is 0 Å². The maximum absolute atomic E-state index is 12.1. The van der Waals surface area contributed by atoms with E-state index in [0.717, 1.165) is 32.2 Å². The number of likely N-dealkylation sites (tertiary alicyclic amines) is 1. The van der Waals surface area contributed by atoms with Crippen molar-refractivity contribution >= 4 is 13.1 Å². The Kier molecular flexibility index (Phi) is 5.08. The minimum atomic E-state index is -0.302. The predicted octanol–water partition coefficient (Wildman–Crippen LogP) is 2.98. The van der Waals surface area contributed by atoms with Gasteiger partial charge in [0.25, 0.3) is 0 Å². The van der Waals surface area contributed by atoms with Crippen LogP contribution in [0.1, 0.15) is 60.3 Å². The van der Waals surface area contributed by atoms with E-state index in [1.807, 2.05) is 0 Å². The number of esters is 1. The van der Waals surface area contributed by atoms with Gasteiger partial charge in [0, 0.05) is 6.04 Å². The number of hydrogen-bond donors (Lipinski definition) is 0. The molecule has 0 radical (unpaired) electrons. The van der Waals surface area contributed by atoms with Crippen molar-refractivity contribution in [2.45, 2.75) is 83.6 Å². The lowest BCUT2D eigenvalue weighted by Crippen LogP contribution is -2.48. The lowest BCUT2D eigenvalue weighted by Gasteiger charge is -2.38. The van der Waals surface area contributed by atoms with Gasteiger partial charge in [-0.05, 0) is 71.3 Å². The van der Waals surface area contributed by atoms with Crippen molar-refractivity contribution in [1.82, 2.24) is 4.90 Å². The van der Waals surface area contributed by atoms with Crippen LogP contribution in [-0.4, -0.2) is 54.9 Å². The van der Waals surface area contributed by atoms with Gasteiger partial charge >= 0.3 is 13.1 Å². The van der Waals surface area contributed by atoms with Gasteiger partial charge in [0.15, 0.2) is 0 Å². The Morgan fingerprint density at radius 2 is 1.92 bits per heavy atom. The molecule has 3 aliphatic rings. The highest BCUT2D eigenvalue weighted by Gasteiger charge is 2.53. The van der Waals surface area contributed by atoms with Gasteiger partial charge in [0.1, 0.15) is 6.04 Å². The normalized spacial score (nSPS) is 34.9. The minimum absolute atomic E-state index is 0.0794. The molecule has 0 N–H and O–H groups in total. The molecule has 0 aromatic carbocycles. The highest BCUT2D eigenvalue weighted by atomic mass is 16.7. The zero-order valence-electron chi connectivity index (χ0n) is 16.5. The number of carbonyl (C=O) groups is 1. The fourth-order valence-electron chi connectivity index (χ4n) is 4.32. The molecule has 6 heteroatoms. The number of allylic oxidation sites excluding steroid dienone is 1. The minimum Gasteiger partial charge on any atom is -0.468 e. The molecule has 2 heterocycles. The Hall–Kier alpha value is -0.845. The lowest BCUT2D eigenvalue weighted by molar-refractivity contribution is -0.147. The Labute approximate surface area is 152 Å². The first-order chi connectivity index (χ1) is 11.7. The van der Waals surface area contributed by atoms with Crippen LogP contribution < -0.4 is 0 Å². The summed E-state index contributed by atoms with van der Waals surface area (Å²) in [5, 5.41) is 0. The van der Waals surface area contributed by atoms with Crippen LogP contribution in [0, 0.1) is 5.92 Å². The first-order valence-electron chi connectivity index (χ1n) is 9.54.